The molecular formula is C13H9FN2O3S. The summed E-state index contributed by atoms with van der Waals surface area (Å²) in [5, 5.41) is 0. The van der Waals surface area contributed by atoms with Gasteiger partial charge in [-0.15, -0.1) is 0 Å². The number of fused-ring (bicyclic) bond motifs is 1. The van der Waals surface area contributed by atoms with E-state index >= 15 is 0 Å². The fraction of sp³-hybridized carbons (Fsp3) is 0.0769. The Labute approximate surface area is 114 Å². The van der Waals surface area contributed by atoms with Crippen molar-refractivity contribution in [1.82, 2.24) is 4.57 Å². The van der Waals surface area contributed by atoms with Gasteiger partial charge in [0.05, 0.1) is 4.90 Å². The molecule has 0 bridgehead atoms. The second-order valence-electron chi connectivity index (χ2n) is 4.31. The summed E-state index contributed by atoms with van der Waals surface area (Å²) >= 11 is 0. The number of benzene rings is 1. The van der Waals surface area contributed by atoms with Gasteiger partial charge >= 0.3 is 0 Å². The Morgan fingerprint density at radius 3 is 2.50 bits per heavy atom. The lowest BCUT2D eigenvalue weighted by Gasteiger charge is -2.03. The third-order valence-electron chi connectivity index (χ3n) is 2.94. The first kappa shape index (κ1) is 12.7. The zero-order valence-electron chi connectivity index (χ0n) is 10.2. The fourth-order valence-electron chi connectivity index (χ4n) is 1.96. The number of hydrogen-bond donors (Lipinski definition) is 0. The molecule has 0 saturated heterocycles. The Hall–Kier alpha value is -2.28. The molecule has 0 radical (unpaired) electrons. The molecule has 0 spiro atoms. The summed E-state index contributed by atoms with van der Waals surface area (Å²) < 4.78 is 38.4. The van der Waals surface area contributed by atoms with Gasteiger partial charge in [0.2, 0.25) is 0 Å². The van der Waals surface area contributed by atoms with Crippen molar-refractivity contribution in [2.75, 3.05) is 5.75 Å². The summed E-state index contributed by atoms with van der Waals surface area (Å²) in [6, 6.07) is 7.75. The molecular weight excluding hydrogens is 283 g/mol. The van der Waals surface area contributed by atoms with Gasteiger partial charge in [-0.25, -0.2) is 17.8 Å². The van der Waals surface area contributed by atoms with Gasteiger partial charge < -0.3 is 0 Å². The quantitative estimate of drug-likeness (QED) is 0.810. The molecule has 20 heavy (non-hydrogen) atoms. The van der Waals surface area contributed by atoms with Crippen LogP contribution in [0.15, 0.2) is 52.5 Å². The second-order valence-corrected chi connectivity index (χ2v) is 6.30. The molecule has 5 nitrogen and oxygen atoms in total. The molecule has 7 heteroatoms. The first-order valence-electron chi connectivity index (χ1n) is 5.75. The predicted molar refractivity (Wildman–Crippen MR) is 70.6 cm³/mol. The summed E-state index contributed by atoms with van der Waals surface area (Å²) in [7, 11) is -3.72. The van der Waals surface area contributed by atoms with E-state index in [4.69, 9.17) is 0 Å². The summed E-state index contributed by atoms with van der Waals surface area (Å²) in [4.78, 5) is 15.9. The van der Waals surface area contributed by atoms with E-state index in [1.165, 1.54) is 22.9 Å². The van der Waals surface area contributed by atoms with E-state index in [2.05, 4.69) is 4.99 Å². The monoisotopic (exact) mass is 292 g/mol. The van der Waals surface area contributed by atoms with Gasteiger partial charge in [-0.1, -0.05) is 0 Å². The lowest BCUT2D eigenvalue weighted by molar-refractivity contribution is 0.0997. The first-order valence-corrected chi connectivity index (χ1v) is 7.40. The molecule has 0 unspecified atom stereocenters. The number of rotatable bonds is 3. The summed E-state index contributed by atoms with van der Waals surface area (Å²) in [6.07, 6.45) is 1.53. The summed E-state index contributed by atoms with van der Waals surface area (Å²) in [5.74, 6) is -1.05. The van der Waals surface area contributed by atoms with Crippen molar-refractivity contribution in [2.24, 2.45) is 4.99 Å². The van der Waals surface area contributed by atoms with Crippen LogP contribution >= 0.6 is 0 Å². The van der Waals surface area contributed by atoms with E-state index in [-0.39, 0.29) is 10.6 Å². The zero-order chi connectivity index (χ0) is 14.3. The molecule has 2 aromatic rings. The molecule has 3 rings (SSSR count). The Bertz CT molecular complexity index is 820. The molecule has 1 aromatic carbocycles. The number of carbonyl (C=O) groups excluding carboxylic acids is 1. The van der Waals surface area contributed by atoms with Gasteiger partial charge in [0.1, 0.15) is 23.1 Å². The number of sulfone groups is 1. The zero-order valence-corrected chi connectivity index (χ0v) is 11.0. The molecule has 2 heterocycles. The van der Waals surface area contributed by atoms with Crippen molar-refractivity contribution >= 4 is 27.3 Å². The Morgan fingerprint density at radius 1 is 1.15 bits per heavy atom. The third-order valence-corrected chi connectivity index (χ3v) is 4.59. The van der Waals surface area contributed by atoms with Crippen LogP contribution in [0.2, 0.25) is 0 Å². The third kappa shape index (κ3) is 2.05. The minimum absolute atomic E-state index is 0.0361. The Kier molecular flexibility index (Phi) is 2.79. The highest BCUT2D eigenvalue weighted by Gasteiger charge is 2.28. The van der Waals surface area contributed by atoms with Crippen molar-refractivity contribution in [1.29, 1.82) is 0 Å². The molecule has 0 atom stereocenters. The number of hydrogen-bond acceptors (Lipinski definition) is 4. The van der Waals surface area contributed by atoms with Crippen molar-refractivity contribution in [3.63, 3.8) is 0 Å². The number of nitrogens with zero attached hydrogens (tertiary/aromatic N) is 2. The maximum absolute atomic E-state index is 12.8. The summed E-state index contributed by atoms with van der Waals surface area (Å²) in [5.41, 5.74) is -0.0371. The van der Waals surface area contributed by atoms with E-state index in [1.807, 2.05) is 0 Å². The van der Waals surface area contributed by atoms with E-state index in [9.17, 15) is 17.6 Å². The lowest BCUT2D eigenvalue weighted by Crippen LogP contribution is -2.24. The highest BCUT2D eigenvalue weighted by Crippen LogP contribution is 2.22. The van der Waals surface area contributed by atoms with Crippen molar-refractivity contribution < 1.29 is 17.6 Å². The van der Waals surface area contributed by atoms with E-state index in [1.54, 1.807) is 12.1 Å². The van der Waals surface area contributed by atoms with Crippen molar-refractivity contribution in [3.8, 4) is 0 Å². The maximum atomic E-state index is 12.8. The standard InChI is InChI=1S/C13H9FN2O3S/c14-9-3-5-10(6-4-9)20(18,19)8-11-13(17)16-7-1-2-12(16)15-11/h1-7H,8H2. The van der Waals surface area contributed by atoms with Crippen LogP contribution in [-0.2, 0) is 9.84 Å². The molecule has 0 N–H and O–H groups in total. The fourth-order valence-corrected chi connectivity index (χ4v) is 3.22. The molecule has 1 aromatic heterocycles. The van der Waals surface area contributed by atoms with Crippen molar-refractivity contribution in [2.45, 2.75) is 4.90 Å². The molecule has 1 aliphatic rings. The highest BCUT2D eigenvalue weighted by atomic mass is 32.2. The molecule has 102 valence electrons. The van der Waals surface area contributed by atoms with Gasteiger partial charge in [0, 0.05) is 6.20 Å². The van der Waals surface area contributed by atoms with Crippen LogP contribution in [0.5, 0.6) is 0 Å². The minimum atomic E-state index is -3.72. The van der Waals surface area contributed by atoms with Crippen LogP contribution in [-0.4, -0.2) is 30.4 Å². The lowest BCUT2D eigenvalue weighted by atomic mass is 10.3. The molecule has 0 aliphatic carbocycles. The molecule has 0 amide bonds. The van der Waals surface area contributed by atoms with Crippen LogP contribution in [0.4, 0.5) is 10.2 Å². The van der Waals surface area contributed by atoms with Crippen LogP contribution in [0.1, 0.15) is 4.79 Å². The Balaban J connectivity index is 1.90. The smallest absolute Gasteiger partial charge is 0.267 e. The van der Waals surface area contributed by atoms with Crippen LogP contribution in [0, 0.1) is 5.82 Å². The SMILES string of the molecule is O=C1C(CS(=O)(=O)c2ccc(F)cc2)=Nc2cccn21. The summed E-state index contributed by atoms with van der Waals surface area (Å²) in [6.45, 7) is 0. The van der Waals surface area contributed by atoms with E-state index < -0.39 is 27.3 Å². The largest absolute Gasteiger partial charge is 0.279 e. The minimum Gasteiger partial charge on any atom is -0.267 e. The van der Waals surface area contributed by atoms with Crippen LogP contribution in [0.25, 0.3) is 0 Å². The molecule has 0 fully saturated rings. The van der Waals surface area contributed by atoms with E-state index in [0.717, 1.165) is 12.1 Å². The number of carbonyl (C=O) groups is 1. The number of aliphatic imine (C=N–C) groups is 1. The van der Waals surface area contributed by atoms with Crippen molar-refractivity contribution in [3.05, 3.63) is 48.4 Å². The second kappa shape index (κ2) is 4.38. The number of halogens is 1. The van der Waals surface area contributed by atoms with E-state index in [0.29, 0.717) is 5.82 Å². The van der Waals surface area contributed by atoms with Crippen LogP contribution in [0.3, 0.4) is 0 Å². The van der Waals surface area contributed by atoms with Gasteiger partial charge in [-0.2, -0.15) is 0 Å². The first-order chi connectivity index (χ1) is 9.47. The average Bonchev–Trinajstić information content (AvgIpc) is 2.95. The predicted octanol–water partition coefficient (Wildman–Crippen LogP) is 1.83. The van der Waals surface area contributed by atoms with Gasteiger partial charge in [-0.3, -0.25) is 9.36 Å². The maximum Gasteiger partial charge on any atom is 0.279 e. The average molecular weight is 292 g/mol. The molecule has 0 saturated carbocycles. The normalized spacial score (nSPS) is 14.2. The highest BCUT2D eigenvalue weighted by molar-refractivity contribution is 7.92. The van der Waals surface area contributed by atoms with Gasteiger partial charge in [0.15, 0.2) is 9.84 Å². The van der Waals surface area contributed by atoms with Gasteiger partial charge in [-0.05, 0) is 36.4 Å². The number of aromatic nitrogens is 1. The van der Waals surface area contributed by atoms with Gasteiger partial charge in [0.25, 0.3) is 5.91 Å². The topological polar surface area (TPSA) is 68.5 Å². The Morgan fingerprint density at radius 2 is 1.85 bits per heavy atom. The molecule has 1 aliphatic heterocycles. The van der Waals surface area contributed by atoms with Crippen LogP contribution < -0.4 is 0 Å².